The SMILES string of the molecule is c1ccc(CNCCCc2cccs2)cc1. The average Bonchev–Trinajstić information content (AvgIpc) is 2.83. The minimum atomic E-state index is 0.977. The lowest BCUT2D eigenvalue weighted by molar-refractivity contribution is 0.652. The first kappa shape index (κ1) is 11.4. The molecule has 0 saturated carbocycles. The molecule has 0 spiro atoms. The average molecular weight is 231 g/mol. The lowest BCUT2D eigenvalue weighted by Crippen LogP contribution is -2.15. The van der Waals surface area contributed by atoms with E-state index in [-0.39, 0.29) is 0 Å². The molecule has 0 aliphatic carbocycles. The Labute approximate surface area is 101 Å². The highest BCUT2D eigenvalue weighted by Crippen LogP contribution is 2.10. The molecule has 0 bridgehead atoms. The molecule has 0 atom stereocenters. The van der Waals surface area contributed by atoms with Gasteiger partial charge < -0.3 is 5.32 Å². The van der Waals surface area contributed by atoms with Crippen LogP contribution in [0.3, 0.4) is 0 Å². The zero-order chi connectivity index (χ0) is 11.1. The first-order chi connectivity index (χ1) is 7.95. The van der Waals surface area contributed by atoms with Crippen LogP contribution in [-0.2, 0) is 13.0 Å². The van der Waals surface area contributed by atoms with Crippen molar-refractivity contribution in [3.63, 3.8) is 0 Å². The van der Waals surface area contributed by atoms with Crippen molar-refractivity contribution in [1.29, 1.82) is 0 Å². The summed E-state index contributed by atoms with van der Waals surface area (Å²) in [6, 6.07) is 14.9. The predicted octanol–water partition coefficient (Wildman–Crippen LogP) is 3.47. The van der Waals surface area contributed by atoms with E-state index in [9.17, 15) is 0 Å². The molecule has 1 heterocycles. The number of benzene rings is 1. The smallest absolute Gasteiger partial charge is 0.0205 e. The van der Waals surface area contributed by atoms with Crippen molar-refractivity contribution < 1.29 is 0 Å². The van der Waals surface area contributed by atoms with Gasteiger partial charge in [0.25, 0.3) is 0 Å². The van der Waals surface area contributed by atoms with Crippen LogP contribution in [0, 0.1) is 0 Å². The van der Waals surface area contributed by atoms with Crippen LogP contribution >= 0.6 is 11.3 Å². The third kappa shape index (κ3) is 3.80. The second-order valence-electron chi connectivity index (χ2n) is 3.85. The number of aryl methyl sites for hydroxylation is 1. The third-order valence-electron chi connectivity index (χ3n) is 2.53. The Balaban J connectivity index is 1.59. The van der Waals surface area contributed by atoms with Gasteiger partial charge in [-0.2, -0.15) is 0 Å². The summed E-state index contributed by atoms with van der Waals surface area (Å²) < 4.78 is 0. The highest BCUT2D eigenvalue weighted by Gasteiger charge is 1.94. The van der Waals surface area contributed by atoms with Crippen molar-refractivity contribution in [3.8, 4) is 0 Å². The van der Waals surface area contributed by atoms with E-state index in [2.05, 4.69) is 53.2 Å². The van der Waals surface area contributed by atoms with E-state index in [1.165, 1.54) is 23.3 Å². The van der Waals surface area contributed by atoms with Crippen LogP contribution in [0.5, 0.6) is 0 Å². The number of hydrogen-bond donors (Lipinski definition) is 1. The Hall–Kier alpha value is -1.12. The first-order valence-electron chi connectivity index (χ1n) is 5.72. The van der Waals surface area contributed by atoms with Crippen LogP contribution < -0.4 is 5.32 Å². The van der Waals surface area contributed by atoms with E-state index in [1.807, 2.05) is 11.3 Å². The van der Waals surface area contributed by atoms with Crippen molar-refractivity contribution in [3.05, 3.63) is 58.3 Å². The number of rotatable bonds is 6. The van der Waals surface area contributed by atoms with Crippen LogP contribution in [0.4, 0.5) is 0 Å². The molecule has 0 saturated heterocycles. The minimum absolute atomic E-state index is 0.977. The minimum Gasteiger partial charge on any atom is -0.313 e. The van der Waals surface area contributed by atoms with Gasteiger partial charge in [0, 0.05) is 11.4 Å². The van der Waals surface area contributed by atoms with Gasteiger partial charge in [0.05, 0.1) is 0 Å². The Morgan fingerprint density at radius 3 is 2.62 bits per heavy atom. The van der Waals surface area contributed by atoms with Gasteiger partial charge in [0.1, 0.15) is 0 Å². The Bertz CT molecular complexity index is 380. The molecule has 0 aliphatic heterocycles. The molecule has 0 amide bonds. The van der Waals surface area contributed by atoms with Crippen molar-refractivity contribution in [2.75, 3.05) is 6.54 Å². The highest BCUT2D eigenvalue weighted by molar-refractivity contribution is 7.09. The molecule has 0 fully saturated rings. The summed E-state index contributed by atoms with van der Waals surface area (Å²) in [5.74, 6) is 0. The van der Waals surface area contributed by atoms with Crippen molar-refractivity contribution in [1.82, 2.24) is 5.32 Å². The maximum Gasteiger partial charge on any atom is 0.0205 e. The molecule has 0 aliphatic rings. The fourth-order valence-electron chi connectivity index (χ4n) is 1.67. The van der Waals surface area contributed by atoms with E-state index in [0.717, 1.165) is 13.1 Å². The van der Waals surface area contributed by atoms with E-state index in [1.54, 1.807) is 0 Å². The van der Waals surface area contributed by atoms with Crippen LogP contribution in [0.2, 0.25) is 0 Å². The maximum atomic E-state index is 3.47. The van der Waals surface area contributed by atoms with Gasteiger partial charge in [-0.05, 0) is 36.4 Å². The Morgan fingerprint density at radius 1 is 1.00 bits per heavy atom. The summed E-state index contributed by atoms with van der Waals surface area (Å²) in [4.78, 5) is 1.49. The van der Waals surface area contributed by atoms with Crippen LogP contribution in [0.15, 0.2) is 47.8 Å². The molecule has 0 unspecified atom stereocenters. The second kappa shape index (κ2) is 6.46. The van der Waals surface area contributed by atoms with Crippen LogP contribution in [0.1, 0.15) is 16.9 Å². The number of nitrogens with one attached hydrogen (secondary N) is 1. The summed E-state index contributed by atoms with van der Waals surface area (Å²) in [5.41, 5.74) is 1.36. The Morgan fingerprint density at radius 2 is 1.88 bits per heavy atom. The largest absolute Gasteiger partial charge is 0.313 e. The van der Waals surface area contributed by atoms with Crippen molar-refractivity contribution >= 4 is 11.3 Å². The highest BCUT2D eigenvalue weighted by atomic mass is 32.1. The standard InChI is InChI=1S/C14H17NS/c1-2-6-13(7-3-1)12-15-10-4-8-14-9-5-11-16-14/h1-3,5-7,9,11,15H,4,8,10,12H2. The summed E-state index contributed by atoms with van der Waals surface area (Å²) in [5, 5.41) is 5.61. The molecule has 2 rings (SSSR count). The van der Waals surface area contributed by atoms with Crippen LogP contribution in [0.25, 0.3) is 0 Å². The first-order valence-corrected chi connectivity index (χ1v) is 6.60. The monoisotopic (exact) mass is 231 g/mol. The summed E-state index contributed by atoms with van der Waals surface area (Å²) in [7, 11) is 0. The molecule has 1 nitrogen and oxygen atoms in total. The number of hydrogen-bond acceptors (Lipinski definition) is 2. The van der Waals surface area contributed by atoms with Gasteiger partial charge in [0.2, 0.25) is 0 Å². The fraction of sp³-hybridized carbons (Fsp3) is 0.286. The normalized spacial score (nSPS) is 10.5. The lowest BCUT2D eigenvalue weighted by Gasteiger charge is -2.03. The fourth-order valence-corrected chi connectivity index (χ4v) is 2.42. The van der Waals surface area contributed by atoms with Crippen LogP contribution in [-0.4, -0.2) is 6.54 Å². The van der Waals surface area contributed by atoms with Crippen molar-refractivity contribution in [2.24, 2.45) is 0 Å². The number of thiophene rings is 1. The molecule has 1 N–H and O–H groups in total. The predicted molar refractivity (Wildman–Crippen MR) is 70.8 cm³/mol. The summed E-state index contributed by atoms with van der Waals surface area (Å²) in [6.45, 7) is 2.07. The molecule has 84 valence electrons. The lowest BCUT2D eigenvalue weighted by atomic mass is 10.2. The third-order valence-corrected chi connectivity index (χ3v) is 3.46. The maximum absolute atomic E-state index is 3.47. The summed E-state index contributed by atoms with van der Waals surface area (Å²) in [6.07, 6.45) is 2.41. The van der Waals surface area contributed by atoms with E-state index < -0.39 is 0 Å². The van der Waals surface area contributed by atoms with Gasteiger partial charge in [-0.15, -0.1) is 11.3 Å². The van der Waals surface area contributed by atoms with Gasteiger partial charge in [-0.1, -0.05) is 36.4 Å². The molecule has 0 radical (unpaired) electrons. The molecule has 1 aromatic heterocycles. The molecule has 2 aromatic rings. The summed E-state index contributed by atoms with van der Waals surface area (Å²) >= 11 is 1.85. The molecular formula is C14H17NS. The van der Waals surface area contributed by atoms with E-state index in [0.29, 0.717) is 0 Å². The van der Waals surface area contributed by atoms with E-state index >= 15 is 0 Å². The molecule has 1 aromatic carbocycles. The Kier molecular flexibility index (Phi) is 4.59. The molecular weight excluding hydrogens is 214 g/mol. The zero-order valence-electron chi connectivity index (χ0n) is 9.36. The second-order valence-corrected chi connectivity index (χ2v) is 4.88. The molecule has 2 heteroatoms. The quantitative estimate of drug-likeness (QED) is 0.751. The van der Waals surface area contributed by atoms with E-state index in [4.69, 9.17) is 0 Å². The molecule has 16 heavy (non-hydrogen) atoms. The van der Waals surface area contributed by atoms with Gasteiger partial charge in [-0.25, -0.2) is 0 Å². The van der Waals surface area contributed by atoms with Crippen molar-refractivity contribution in [2.45, 2.75) is 19.4 Å². The van der Waals surface area contributed by atoms with Gasteiger partial charge >= 0.3 is 0 Å². The van der Waals surface area contributed by atoms with Gasteiger partial charge in [-0.3, -0.25) is 0 Å². The zero-order valence-corrected chi connectivity index (χ0v) is 10.2. The van der Waals surface area contributed by atoms with Gasteiger partial charge in [0.15, 0.2) is 0 Å². The topological polar surface area (TPSA) is 12.0 Å².